The molecule has 0 radical (unpaired) electrons. The van der Waals surface area contributed by atoms with Crippen LogP contribution >= 0.6 is 0 Å². The number of nitro benzene ring substituents is 1. The van der Waals surface area contributed by atoms with E-state index in [0.717, 1.165) is 61.0 Å². The summed E-state index contributed by atoms with van der Waals surface area (Å²) in [4.78, 5) is 19.3. The maximum absolute atomic E-state index is 11.2. The predicted octanol–water partition coefficient (Wildman–Crippen LogP) is 5.02. The summed E-state index contributed by atoms with van der Waals surface area (Å²) in [5.74, 6) is 0.510. The molecule has 0 atom stereocenters. The Hall–Kier alpha value is -4.73. The third-order valence-corrected chi connectivity index (χ3v) is 6.96. The fourth-order valence-corrected chi connectivity index (χ4v) is 5.26. The lowest BCUT2D eigenvalue weighted by atomic mass is 9.91. The molecule has 0 aliphatic rings. The molecule has 184 valence electrons. The summed E-state index contributed by atoms with van der Waals surface area (Å²) >= 11 is 0. The monoisotopic (exact) mass is 491 g/mol. The van der Waals surface area contributed by atoms with Gasteiger partial charge in [0.25, 0.3) is 5.69 Å². The van der Waals surface area contributed by atoms with Gasteiger partial charge in [0.15, 0.2) is 0 Å². The normalized spacial score (nSPS) is 11.6. The average Bonchev–Trinajstić information content (AvgIpc) is 3.47. The number of nitrogens with zero attached hydrogens (tertiary/aromatic N) is 3. The molecule has 0 saturated carbocycles. The molecular formula is C28H25N7O2. The number of non-ortho nitro benzene ring substituents is 1. The third-order valence-electron chi connectivity index (χ3n) is 6.96. The number of H-pyrrole nitrogens is 1. The van der Waals surface area contributed by atoms with E-state index in [0.29, 0.717) is 11.5 Å². The minimum absolute atomic E-state index is 0.0248. The number of benzene rings is 3. The van der Waals surface area contributed by atoms with Gasteiger partial charge < -0.3 is 22.2 Å². The molecule has 3 heterocycles. The summed E-state index contributed by atoms with van der Waals surface area (Å²) in [5, 5.41) is 12.2. The zero-order chi connectivity index (χ0) is 25.8. The molecule has 37 heavy (non-hydrogen) atoms. The van der Waals surface area contributed by atoms with E-state index in [1.54, 1.807) is 12.1 Å². The topological polar surface area (TPSA) is 154 Å². The number of imidazole rings is 1. The molecule has 9 heteroatoms. The minimum Gasteiger partial charge on any atom is -0.384 e. The lowest BCUT2D eigenvalue weighted by Gasteiger charge is -2.19. The van der Waals surface area contributed by atoms with E-state index in [-0.39, 0.29) is 18.8 Å². The maximum atomic E-state index is 11.2. The second-order valence-electron chi connectivity index (χ2n) is 9.11. The molecule has 0 aliphatic heterocycles. The number of rotatable bonds is 5. The van der Waals surface area contributed by atoms with E-state index in [4.69, 9.17) is 22.2 Å². The molecule has 0 amide bonds. The molecular weight excluding hydrogens is 466 g/mol. The minimum atomic E-state index is -0.408. The Balaban J connectivity index is 1.75. The molecule has 6 rings (SSSR count). The van der Waals surface area contributed by atoms with Crippen molar-refractivity contribution in [3.63, 3.8) is 0 Å². The highest BCUT2D eigenvalue weighted by atomic mass is 16.6. The van der Waals surface area contributed by atoms with E-state index < -0.39 is 4.92 Å². The van der Waals surface area contributed by atoms with Gasteiger partial charge in [0.1, 0.15) is 11.5 Å². The number of aromatic nitrogens is 3. The number of nitro groups is 1. The van der Waals surface area contributed by atoms with E-state index in [2.05, 4.69) is 4.98 Å². The number of aryl methyl sites for hydroxylation is 1. The highest BCUT2D eigenvalue weighted by molar-refractivity contribution is 6.07. The Morgan fingerprint density at radius 2 is 1.70 bits per heavy atom. The van der Waals surface area contributed by atoms with Gasteiger partial charge in [-0.1, -0.05) is 24.3 Å². The first-order valence-electron chi connectivity index (χ1n) is 11.9. The number of hydrogen-bond donors (Lipinski definition) is 4. The van der Waals surface area contributed by atoms with Crippen LogP contribution in [-0.4, -0.2) is 19.3 Å². The van der Waals surface area contributed by atoms with Crippen LogP contribution in [0.2, 0.25) is 0 Å². The van der Waals surface area contributed by atoms with Crippen LogP contribution in [0, 0.1) is 17.0 Å². The van der Waals surface area contributed by atoms with Crippen LogP contribution in [0.5, 0.6) is 0 Å². The molecule has 0 fully saturated rings. The number of fused-ring (bicyclic) bond motifs is 4. The van der Waals surface area contributed by atoms with Crippen molar-refractivity contribution in [1.29, 1.82) is 0 Å². The number of nitrogens with one attached hydrogen (secondary N) is 1. The standard InChI is InChI=1S/C28H25N7O2/c1-15-6-11-23-22(12-15)33-28-20(14-30)24(19(13-29)27(31)34(23)28)25-18-4-2-3-5-21(18)32-26(25)16-7-9-17(10-8-16)35(36)37/h2-12,32H,13-14,29-31H2,1H3. The Labute approximate surface area is 211 Å². The molecule has 0 aliphatic carbocycles. The molecule has 0 saturated heterocycles. The Morgan fingerprint density at radius 1 is 0.973 bits per heavy atom. The number of nitrogens with two attached hydrogens (primary N) is 3. The lowest BCUT2D eigenvalue weighted by Crippen LogP contribution is -2.14. The summed E-state index contributed by atoms with van der Waals surface area (Å²) in [6.07, 6.45) is 0. The van der Waals surface area contributed by atoms with Gasteiger partial charge in [-0.2, -0.15) is 0 Å². The van der Waals surface area contributed by atoms with Crippen molar-refractivity contribution in [3.05, 3.63) is 93.5 Å². The molecule has 0 spiro atoms. The van der Waals surface area contributed by atoms with E-state index >= 15 is 0 Å². The van der Waals surface area contributed by atoms with E-state index in [1.807, 2.05) is 53.8 Å². The van der Waals surface area contributed by atoms with Crippen molar-refractivity contribution in [3.8, 4) is 22.4 Å². The van der Waals surface area contributed by atoms with Crippen LogP contribution in [0.25, 0.3) is 50.0 Å². The Morgan fingerprint density at radius 3 is 2.41 bits per heavy atom. The second-order valence-corrected chi connectivity index (χ2v) is 9.11. The van der Waals surface area contributed by atoms with Crippen molar-refractivity contribution in [1.82, 2.24) is 14.4 Å². The smallest absolute Gasteiger partial charge is 0.269 e. The van der Waals surface area contributed by atoms with Crippen LogP contribution < -0.4 is 17.2 Å². The van der Waals surface area contributed by atoms with Crippen molar-refractivity contribution < 1.29 is 4.92 Å². The Kier molecular flexibility index (Phi) is 5.18. The summed E-state index contributed by atoms with van der Waals surface area (Å²) < 4.78 is 1.93. The zero-order valence-electron chi connectivity index (χ0n) is 20.2. The third kappa shape index (κ3) is 3.36. The first-order chi connectivity index (χ1) is 17.9. The largest absolute Gasteiger partial charge is 0.384 e. The van der Waals surface area contributed by atoms with Crippen LogP contribution in [0.1, 0.15) is 16.7 Å². The summed E-state index contributed by atoms with van der Waals surface area (Å²) in [5.41, 5.74) is 29.0. The first kappa shape index (κ1) is 22.7. The van der Waals surface area contributed by atoms with Crippen molar-refractivity contribution in [2.75, 3.05) is 5.73 Å². The molecule has 0 bridgehead atoms. The molecule has 3 aromatic carbocycles. The number of hydrogen-bond acceptors (Lipinski definition) is 6. The number of nitrogen functional groups attached to an aromatic ring is 1. The summed E-state index contributed by atoms with van der Waals surface area (Å²) in [6.45, 7) is 2.43. The molecule has 7 N–H and O–H groups in total. The highest BCUT2D eigenvalue weighted by Gasteiger charge is 2.26. The SMILES string of the molecule is Cc1ccc2c(c1)nc1c(CN)c(-c3c(-c4ccc([N+](=O)[O-])cc4)[nH]c4ccccc34)c(CN)c(N)n12. The number of para-hydroxylation sites is 1. The van der Waals surface area contributed by atoms with Gasteiger partial charge in [0.05, 0.1) is 21.7 Å². The molecule has 9 nitrogen and oxygen atoms in total. The molecule has 3 aromatic heterocycles. The van der Waals surface area contributed by atoms with Gasteiger partial charge in [-0.25, -0.2) is 4.98 Å². The second kappa shape index (κ2) is 8.44. The van der Waals surface area contributed by atoms with Gasteiger partial charge in [0, 0.05) is 58.4 Å². The maximum Gasteiger partial charge on any atom is 0.269 e. The summed E-state index contributed by atoms with van der Waals surface area (Å²) in [6, 6.07) is 20.5. The van der Waals surface area contributed by atoms with Crippen LogP contribution in [0.15, 0.2) is 66.7 Å². The van der Waals surface area contributed by atoms with Crippen LogP contribution in [-0.2, 0) is 13.1 Å². The van der Waals surface area contributed by atoms with Crippen molar-refractivity contribution in [2.45, 2.75) is 20.0 Å². The molecule has 6 aromatic rings. The fraction of sp³-hybridized carbons (Fsp3) is 0.107. The fourth-order valence-electron chi connectivity index (χ4n) is 5.26. The number of aromatic amines is 1. The van der Waals surface area contributed by atoms with Gasteiger partial charge in [-0.3, -0.25) is 14.5 Å². The van der Waals surface area contributed by atoms with E-state index in [1.165, 1.54) is 12.1 Å². The van der Waals surface area contributed by atoms with Gasteiger partial charge in [0.2, 0.25) is 0 Å². The first-order valence-corrected chi connectivity index (χ1v) is 11.9. The average molecular weight is 492 g/mol. The zero-order valence-corrected chi connectivity index (χ0v) is 20.2. The van der Waals surface area contributed by atoms with Crippen LogP contribution in [0.3, 0.4) is 0 Å². The van der Waals surface area contributed by atoms with Crippen molar-refractivity contribution in [2.24, 2.45) is 11.5 Å². The number of pyridine rings is 1. The van der Waals surface area contributed by atoms with Gasteiger partial charge >= 0.3 is 0 Å². The molecule has 0 unspecified atom stereocenters. The summed E-state index contributed by atoms with van der Waals surface area (Å²) in [7, 11) is 0. The van der Waals surface area contributed by atoms with Crippen LogP contribution in [0.4, 0.5) is 11.5 Å². The van der Waals surface area contributed by atoms with Gasteiger partial charge in [-0.15, -0.1) is 0 Å². The lowest BCUT2D eigenvalue weighted by molar-refractivity contribution is -0.384. The van der Waals surface area contributed by atoms with Crippen molar-refractivity contribution >= 4 is 39.1 Å². The van der Waals surface area contributed by atoms with E-state index in [9.17, 15) is 10.1 Å². The highest BCUT2D eigenvalue weighted by Crippen LogP contribution is 2.44. The predicted molar refractivity (Wildman–Crippen MR) is 147 cm³/mol. The number of anilines is 1. The Bertz CT molecular complexity index is 1850. The quantitative estimate of drug-likeness (QED) is 0.196. The van der Waals surface area contributed by atoms with Gasteiger partial charge in [-0.05, 0) is 48.4 Å².